The molecule has 1 fully saturated rings. The summed E-state index contributed by atoms with van der Waals surface area (Å²) in [5.74, 6) is 0.677. The number of halogens is 1. The van der Waals surface area contributed by atoms with Gasteiger partial charge in [-0.2, -0.15) is 4.68 Å². The normalized spacial score (nSPS) is 14.9. The molecule has 5 nitrogen and oxygen atoms in total. The molecule has 1 aliphatic rings. The monoisotopic (exact) mass is 410 g/mol. The Kier molecular flexibility index (Phi) is 5.87. The van der Waals surface area contributed by atoms with Gasteiger partial charge in [0.2, 0.25) is 4.77 Å². The maximum atomic E-state index is 13.2. The van der Waals surface area contributed by atoms with Crippen LogP contribution in [0.25, 0.3) is 11.4 Å². The fourth-order valence-corrected chi connectivity index (χ4v) is 4.01. The third kappa shape index (κ3) is 4.31. The van der Waals surface area contributed by atoms with E-state index >= 15 is 0 Å². The standard InChI is InChI=1S/C22H24FN5S/c1-2-12-27-21(18-6-4-3-5-7-18)24-28(22(27)29)17-25-13-15-26(16-14-25)20-10-8-19(23)9-11-20/h2-11H,1,12-17H2/p+1. The van der Waals surface area contributed by atoms with Gasteiger partial charge in [0.25, 0.3) is 0 Å². The van der Waals surface area contributed by atoms with Gasteiger partial charge >= 0.3 is 0 Å². The molecule has 1 aliphatic heterocycles. The third-order valence-corrected chi connectivity index (χ3v) is 5.73. The minimum absolute atomic E-state index is 0.197. The summed E-state index contributed by atoms with van der Waals surface area (Å²) in [6, 6.07) is 16.9. The molecule has 3 aromatic rings. The van der Waals surface area contributed by atoms with Crippen LogP contribution < -0.4 is 9.80 Å². The van der Waals surface area contributed by atoms with Crippen molar-refractivity contribution in [3.63, 3.8) is 0 Å². The molecule has 0 atom stereocenters. The summed E-state index contributed by atoms with van der Waals surface area (Å²) in [6.45, 7) is 9.04. The number of anilines is 1. The molecule has 0 saturated carbocycles. The van der Waals surface area contributed by atoms with Crippen LogP contribution in [0.15, 0.2) is 67.3 Å². The molecule has 4 rings (SSSR count). The van der Waals surface area contributed by atoms with Crippen molar-refractivity contribution in [2.45, 2.75) is 13.2 Å². The van der Waals surface area contributed by atoms with Crippen molar-refractivity contribution < 1.29 is 9.29 Å². The van der Waals surface area contributed by atoms with Crippen LogP contribution in [0.2, 0.25) is 0 Å². The minimum atomic E-state index is -0.197. The Hall–Kier alpha value is -2.77. The van der Waals surface area contributed by atoms with Crippen LogP contribution in [0.4, 0.5) is 10.1 Å². The fourth-order valence-electron chi connectivity index (χ4n) is 3.74. The van der Waals surface area contributed by atoms with Crippen LogP contribution in [0.5, 0.6) is 0 Å². The Labute approximate surface area is 175 Å². The summed E-state index contributed by atoms with van der Waals surface area (Å²) in [7, 11) is 0. The molecule has 1 aromatic heterocycles. The number of rotatable bonds is 6. The number of benzene rings is 2. The molecule has 0 spiro atoms. The van der Waals surface area contributed by atoms with E-state index in [2.05, 4.69) is 23.6 Å². The second-order valence-electron chi connectivity index (χ2n) is 7.24. The lowest BCUT2D eigenvalue weighted by Crippen LogP contribution is -3.14. The second-order valence-corrected chi connectivity index (χ2v) is 7.61. The number of quaternary nitrogens is 1. The Morgan fingerprint density at radius 1 is 1.07 bits per heavy atom. The minimum Gasteiger partial charge on any atom is -0.360 e. The lowest BCUT2D eigenvalue weighted by Gasteiger charge is -2.33. The van der Waals surface area contributed by atoms with E-state index in [1.165, 1.54) is 17.0 Å². The van der Waals surface area contributed by atoms with Gasteiger partial charge in [-0.05, 0) is 36.5 Å². The first-order valence-corrected chi connectivity index (χ1v) is 10.2. The summed E-state index contributed by atoms with van der Waals surface area (Å²) in [5, 5.41) is 4.83. The zero-order valence-electron chi connectivity index (χ0n) is 16.3. The van der Waals surface area contributed by atoms with E-state index in [0.29, 0.717) is 6.54 Å². The summed E-state index contributed by atoms with van der Waals surface area (Å²) >= 11 is 5.72. The Morgan fingerprint density at radius 3 is 2.41 bits per heavy atom. The van der Waals surface area contributed by atoms with Crippen molar-refractivity contribution in [1.29, 1.82) is 0 Å². The molecule has 2 aromatic carbocycles. The fraction of sp³-hybridized carbons (Fsp3) is 0.273. The first-order chi connectivity index (χ1) is 14.2. The van der Waals surface area contributed by atoms with E-state index in [4.69, 9.17) is 17.3 Å². The number of hydrogen-bond donors (Lipinski definition) is 1. The van der Waals surface area contributed by atoms with Crippen LogP contribution in [0, 0.1) is 10.6 Å². The van der Waals surface area contributed by atoms with Crippen molar-refractivity contribution in [2.75, 3.05) is 31.1 Å². The maximum absolute atomic E-state index is 13.2. The van der Waals surface area contributed by atoms with E-state index in [1.54, 1.807) is 0 Å². The van der Waals surface area contributed by atoms with Gasteiger partial charge < -0.3 is 9.80 Å². The second kappa shape index (κ2) is 8.71. The molecule has 7 heteroatoms. The summed E-state index contributed by atoms with van der Waals surface area (Å²) in [4.78, 5) is 3.73. The predicted molar refractivity (Wildman–Crippen MR) is 116 cm³/mol. The predicted octanol–water partition coefficient (Wildman–Crippen LogP) is 2.77. The van der Waals surface area contributed by atoms with Gasteiger partial charge in [0.15, 0.2) is 12.5 Å². The van der Waals surface area contributed by atoms with Crippen molar-refractivity contribution in [3.8, 4) is 11.4 Å². The van der Waals surface area contributed by atoms with E-state index in [9.17, 15) is 4.39 Å². The third-order valence-electron chi connectivity index (χ3n) is 5.30. The Bertz CT molecular complexity index is 1020. The summed E-state index contributed by atoms with van der Waals surface area (Å²) < 4.78 is 17.8. The van der Waals surface area contributed by atoms with Gasteiger partial charge in [-0.15, -0.1) is 11.7 Å². The number of piperazine rings is 1. The van der Waals surface area contributed by atoms with Gasteiger partial charge in [-0.25, -0.2) is 4.39 Å². The molecular formula is C22H25FN5S+. The molecule has 0 aliphatic carbocycles. The zero-order chi connectivity index (χ0) is 20.2. The molecule has 0 unspecified atom stereocenters. The highest BCUT2D eigenvalue weighted by atomic mass is 32.1. The lowest BCUT2D eigenvalue weighted by molar-refractivity contribution is -0.924. The van der Waals surface area contributed by atoms with Crippen LogP contribution in [-0.2, 0) is 13.2 Å². The molecule has 0 bridgehead atoms. The van der Waals surface area contributed by atoms with E-state index in [0.717, 1.165) is 54.7 Å². The number of aromatic nitrogens is 3. The highest BCUT2D eigenvalue weighted by Crippen LogP contribution is 2.18. The van der Waals surface area contributed by atoms with Gasteiger partial charge in [0, 0.05) is 17.8 Å². The number of nitrogens with one attached hydrogen (secondary N) is 1. The van der Waals surface area contributed by atoms with Gasteiger partial charge in [-0.3, -0.25) is 4.57 Å². The van der Waals surface area contributed by atoms with E-state index < -0.39 is 0 Å². The van der Waals surface area contributed by atoms with Crippen molar-refractivity contribution >= 4 is 17.9 Å². The molecule has 2 heterocycles. The van der Waals surface area contributed by atoms with E-state index in [1.807, 2.05) is 45.7 Å². The number of hydrogen-bond acceptors (Lipinski definition) is 3. The number of nitrogens with zero attached hydrogens (tertiary/aromatic N) is 4. The molecule has 1 saturated heterocycles. The molecule has 0 radical (unpaired) electrons. The number of allylic oxidation sites excluding steroid dienone is 1. The average Bonchev–Trinajstić information content (AvgIpc) is 3.06. The average molecular weight is 411 g/mol. The summed E-state index contributed by atoms with van der Waals surface area (Å²) in [6.07, 6.45) is 1.85. The Balaban J connectivity index is 1.48. The lowest BCUT2D eigenvalue weighted by atomic mass is 10.2. The van der Waals surface area contributed by atoms with Crippen LogP contribution in [-0.4, -0.2) is 40.5 Å². The van der Waals surface area contributed by atoms with E-state index in [-0.39, 0.29) is 5.82 Å². The van der Waals surface area contributed by atoms with Crippen molar-refractivity contribution in [3.05, 3.63) is 77.8 Å². The topological polar surface area (TPSA) is 30.4 Å². The van der Waals surface area contributed by atoms with Crippen molar-refractivity contribution in [2.24, 2.45) is 0 Å². The zero-order valence-corrected chi connectivity index (χ0v) is 17.1. The summed E-state index contributed by atoms with van der Waals surface area (Å²) in [5.41, 5.74) is 2.12. The van der Waals surface area contributed by atoms with Crippen LogP contribution in [0.1, 0.15) is 0 Å². The van der Waals surface area contributed by atoms with Crippen LogP contribution in [0.3, 0.4) is 0 Å². The maximum Gasteiger partial charge on any atom is 0.203 e. The molecular weight excluding hydrogens is 385 g/mol. The SMILES string of the molecule is C=CCn1c(-c2ccccc2)nn(C[NH+]2CCN(c3ccc(F)cc3)CC2)c1=S. The highest BCUT2D eigenvalue weighted by molar-refractivity contribution is 7.71. The molecule has 29 heavy (non-hydrogen) atoms. The first kappa shape index (κ1) is 19.5. The molecule has 0 amide bonds. The quantitative estimate of drug-likeness (QED) is 0.501. The Morgan fingerprint density at radius 2 is 1.76 bits per heavy atom. The molecule has 1 N–H and O–H groups in total. The highest BCUT2D eigenvalue weighted by Gasteiger charge is 2.22. The van der Waals surface area contributed by atoms with Crippen LogP contribution >= 0.6 is 12.2 Å². The largest absolute Gasteiger partial charge is 0.360 e. The van der Waals surface area contributed by atoms with Gasteiger partial charge in [0.1, 0.15) is 5.82 Å². The van der Waals surface area contributed by atoms with Gasteiger partial charge in [-0.1, -0.05) is 36.4 Å². The first-order valence-electron chi connectivity index (χ1n) is 9.84. The van der Waals surface area contributed by atoms with Gasteiger partial charge in [0.05, 0.1) is 26.2 Å². The molecule has 150 valence electrons. The van der Waals surface area contributed by atoms with Crippen molar-refractivity contribution in [1.82, 2.24) is 14.3 Å². The smallest absolute Gasteiger partial charge is 0.203 e.